The van der Waals surface area contributed by atoms with E-state index < -0.39 is 0 Å². The predicted molar refractivity (Wildman–Crippen MR) is 67.4 cm³/mol. The first kappa shape index (κ1) is 12.5. The SMILES string of the molecule is Cc1c(Cl)cccc1CN(C)C(C)(C)C. The highest BCUT2D eigenvalue weighted by atomic mass is 35.5. The Labute approximate surface area is 98.0 Å². The summed E-state index contributed by atoms with van der Waals surface area (Å²) >= 11 is 6.09. The number of hydrogen-bond acceptors (Lipinski definition) is 1. The quantitative estimate of drug-likeness (QED) is 0.739. The van der Waals surface area contributed by atoms with Gasteiger partial charge in [0.15, 0.2) is 0 Å². The van der Waals surface area contributed by atoms with Crippen LogP contribution in [0.25, 0.3) is 0 Å². The summed E-state index contributed by atoms with van der Waals surface area (Å²) in [7, 11) is 2.14. The minimum atomic E-state index is 0.189. The highest BCUT2D eigenvalue weighted by Gasteiger charge is 2.17. The molecule has 0 N–H and O–H groups in total. The lowest BCUT2D eigenvalue weighted by Gasteiger charge is -2.32. The maximum absolute atomic E-state index is 6.09. The third-order valence-corrected chi connectivity index (χ3v) is 3.34. The topological polar surface area (TPSA) is 3.24 Å². The van der Waals surface area contributed by atoms with E-state index in [1.54, 1.807) is 0 Å². The van der Waals surface area contributed by atoms with Gasteiger partial charge < -0.3 is 0 Å². The molecule has 84 valence electrons. The second-order valence-corrected chi connectivity index (χ2v) is 5.46. The molecule has 0 radical (unpaired) electrons. The van der Waals surface area contributed by atoms with Gasteiger partial charge in [-0.25, -0.2) is 0 Å². The smallest absolute Gasteiger partial charge is 0.0438 e. The molecule has 0 unspecified atom stereocenters. The lowest BCUT2D eigenvalue weighted by atomic mass is 10.0. The largest absolute Gasteiger partial charge is 0.297 e. The van der Waals surface area contributed by atoms with E-state index in [1.807, 2.05) is 12.1 Å². The van der Waals surface area contributed by atoms with Gasteiger partial charge in [-0.05, 0) is 51.9 Å². The van der Waals surface area contributed by atoms with Crippen LogP contribution in [0.2, 0.25) is 5.02 Å². The molecular weight excluding hydrogens is 206 g/mol. The summed E-state index contributed by atoms with van der Waals surface area (Å²) in [6.45, 7) is 9.66. The minimum absolute atomic E-state index is 0.189. The van der Waals surface area contributed by atoms with Crippen molar-refractivity contribution < 1.29 is 0 Å². The summed E-state index contributed by atoms with van der Waals surface area (Å²) in [6.07, 6.45) is 0. The summed E-state index contributed by atoms with van der Waals surface area (Å²) in [5, 5.41) is 0.856. The Morgan fingerprint density at radius 3 is 2.40 bits per heavy atom. The van der Waals surface area contributed by atoms with Crippen molar-refractivity contribution in [2.24, 2.45) is 0 Å². The number of hydrogen-bond donors (Lipinski definition) is 0. The van der Waals surface area contributed by atoms with E-state index in [4.69, 9.17) is 11.6 Å². The van der Waals surface area contributed by atoms with Gasteiger partial charge in [-0.15, -0.1) is 0 Å². The van der Waals surface area contributed by atoms with Crippen molar-refractivity contribution in [3.63, 3.8) is 0 Å². The molecule has 1 nitrogen and oxygen atoms in total. The van der Waals surface area contributed by atoms with Crippen LogP contribution in [-0.4, -0.2) is 17.5 Å². The van der Waals surface area contributed by atoms with Gasteiger partial charge in [-0.3, -0.25) is 4.90 Å². The molecule has 0 saturated heterocycles. The first-order valence-electron chi connectivity index (χ1n) is 5.27. The Hall–Kier alpha value is -0.530. The van der Waals surface area contributed by atoms with E-state index >= 15 is 0 Å². The van der Waals surface area contributed by atoms with E-state index in [2.05, 4.69) is 45.7 Å². The molecule has 0 atom stereocenters. The minimum Gasteiger partial charge on any atom is -0.297 e. The zero-order valence-corrected chi connectivity index (χ0v) is 11.0. The first-order chi connectivity index (χ1) is 6.82. The van der Waals surface area contributed by atoms with Crippen molar-refractivity contribution in [1.82, 2.24) is 4.90 Å². The standard InChI is InChI=1S/C13H20ClN/c1-10-11(7-6-8-12(10)14)9-15(5)13(2,3)4/h6-8H,9H2,1-5H3. The molecule has 0 heterocycles. The zero-order valence-electron chi connectivity index (χ0n) is 10.3. The summed E-state index contributed by atoms with van der Waals surface area (Å²) in [5.74, 6) is 0. The number of rotatable bonds is 2. The van der Waals surface area contributed by atoms with Gasteiger partial charge in [0.1, 0.15) is 0 Å². The van der Waals surface area contributed by atoms with Gasteiger partial charge in [0, 0.05) is 17.1 Å². The van der Waals surface area contributed by atoms with Crippen LogP contribution in [-0.2, 0) is 6.54 Å². The highest BCUT2D eigenvalue weighted by molar-refractivity contribution is 6.31. The van der Waals surface area contributed by atoms with E-state index in [0.717, 1.165) is 11.6 Å². The molecule has 1 aromatic carbocycles. The Morgan fingerprint density at radius 1 is 1.27 bits per heavy atom. The molecule has 15 heavy (non-hydrogen) atoms. The van der Waals surface area contributed by atoms with E-state index in [0.29, 0.717) is 0 Å². The van der Waals surface area contributed by atoms with Gasteiger partial charge in [0.2, 0.25) is 0 Å². The van der Waals surface area contributed by atoms with Gasteiger partial charge in [0.05, 0.1) is 0 Å². The van der Waals surface area contributed by atoms with Gasteiger partial charge in [-0.1, -0.05) is 23.7 Å². The molecule has 0 bridgehead atoms. The molecule has 1 aromatic rings. The van der Waals surface area contributed by atoms with Crippen molar-refractivity contribution in [1.29, 1.82) is 0 Å². The molecule has 0 amide bonds. The van der Waals surface area contributed by atoms with Crippen LogP contribution in [0.4, 0.5) is 0 Å². The third kappa shape index (κ3) is 3.22. The van der Waals surface area contributed by atoms with Crippen LogP contribution in [0.1, 0.15) is 31.9 Å². The van der Waals surface area contributed by atoms with Crippen LogP contribution < -0.4 is 0 Å². The molecule has 0 aliphatic heterocycles. The maximum Gasteiger partial charge on any atom is 0.0438 e. The van der Waals surface area contributed by atoms with Crippen LogP contribution >= 0.6 is 11.6 Å². The van der Waals surface area contributed by atoms with Crippen LogP contribution in [0, 0.1) is 6.92 Å². The molecule has 1 rings (SSSR count). The Bertz CT molecular complexity index is 339. The number of nitrogens with zero attached hydrogens (tertiary/aromatic N) is 1. The third-order valence-electron chi connectivity index (χ3n) is 2.93. The van der Waals surface area contributed by atoms with E-state index in [1.165, 1.54) is 11.1 Å². The predicted octanol–water partition coefficient (Wildman–Crippen LogP) is 3.88. The second-order valence-electron chi connectivity index (χ2n) is 5.05. The van der Waals surface area contributed by atoms with Crippen LogP contribution in [0.3, 0.4) is 0 Å². The Kier molecular flexibility index (Phi) is 3.80. The Morgan fingerprint density at radius 2 is 1.87 bits per heavy atom. The van der Waals surface area contributed by atoms with Crippen molar-refractivity contribution in [3.8, 4) is 0 Å². The summed E-state index contributed by atoms with van der Waals surface area (Å²) in [5.41, 5.74) is 2.68. The zero-order chi connectivity index (χ0) is 11.6. The fourth-order valence-electron chi connectivity index (χ4n) is 1.32. The normalized spacial score (nSPS) is 12.2. The molecule has 0 aliphatic rings. The highest BCUT2D eigenvalue weighted by Crippen LogP contribution is 2.22. The average molecular weight is 226 g/mol. The molecule has 0 spiro atoms. The van der Waals surface area contributed by atoms with Gasteiger partial charge in [0.25, 0.3) is 0 Å². The van der Waals surface area contributed by atoms with E-state index in [-0.39, 0.29) is 5.54 Å². The fraction of sp³-hybridized carbons (Fsp3) is 0.538. The van der Waals surface area contributed by atoms with E-state index in [9.17, 15) is 0 Å². The fourth-order valence-corrected chi connectivity index (χ4v) is 1.51. The lowest BCUT2D eigenvalue weighted by molar-refractivity contribution is 0.167. The van der Waals surface area contributed by atoms with Crippen molar-refractivity contribution in [2.75, 3.05) is 7.05 Å². The molecule has 0 aromatic heterocycles. The van der Waals surface area contributed by atoms with Crippen molar-refractivity contribution >= 4 is 11.6 Å². The summed E-state index contributed by atoms with van der Waals surface area (Å²) < 4.78 is 0. The van der Waals surface area contributed by atoms with Gasteiger partial charge >= 0.3 is 0 Å². The maximum atomic E-state index is 6.09. The molecule has 0 aliphatic carbocycles. The Balaban J connectivity index is 2.86. The van der Waals surface area contributed by atoms with Crippen LogP contribution in [0.15, 0.2) is 18.2 Å². The van der Waals surface area contributed by atoms with Gasteiger partial charge in [-0.2, -0.15) is 0 Å². The van der Waals surface area contributed by atoms with Crippen molar-refractivity contribution in [2.45, 2.75) is 39.8 Å². The molecular formula is C13H20ClN. The monoisotopic (exact) mass is 225 g/mol. The molecule has 0 fully saturated rings. The summed E-state index contributed by atoms with van der Waals surface area (Å²) in [6, 6.07) is 6.10. The lowest BCUT2D eigenvalue weighted by Crippen LogP contribution is -2.37. The van der Waals surface area contributed by atoms with Crippen molar-refractivity contribution in [3.05, 3.63) is 34.3 Å². The van der Waals surface area contributed by atoms with Crippen LogP contribution in [0.5, 0.6) is 0 Å². The number of halogens is 1. The molecule has 2 heteroatoms. The second kappa shape index (κ2) is 4.54. The molecule has 0 saturated carbocycles. The first-order valence-corrected chi connectivity index (χ1v) is 5.65. The average Bonchev–Trinajstić information content (AvgIpc) is 2.11. The number of benzene rings is 1. The summed E-state index contributed by atoms with van der Waals surface area (Å²) in [4.78, 5) is 2.33.